The van der Waals surface area contributed by atoms with Crippen LogP contribution < -0.4 is 4.90 Å². The number of aromatic nitrogens is 6. The smallest absolute Gasteiger partial charge is 0.148 e. The van der Waals surface area contributed by atoms with Crippen molar-refractivity contribution < 1.29 is 0 Å². The first kappa shape index (κ1) is 15.8. The fraction of sp³-hybridized carbons (Fsp3) is 0.333. The minimum absolute atomic E-state index is 0.0712. The number of aromatic amines is 1. The molecule has 2 aliphatic rings. The second-order valence-electron chi connectivity index (χ2n) is 7.78. The number of fused-ring (bicyclic) bond motifs is 2. The largest absolute Gasteiger partial charge is 0.348 e. The summed E-state index contributed by atoms with van der Waals surface area (Å²) < 4.78 is 1.95. The van der Waals surface area contributed by atoms with Gasteiger partial charge in [-0.25, -0.2) is 14.5 Å². The minimum Gasteiger partial charge on any atom is -0.348 e. The Kier molecular flexibility index (Phi) is 3.32. The lowest BCUT2D eigenvalue weighted by atomic mass is 9.99. The Labute approximate surface area is 162 Å². The van der Waals surface area contributed by atoms with Crippen molar-refractivity contribution in [2.24, 2.45) is 0 Å². The van der Waals surface area contributed by atoms with Crippen LogP contribution in [0, 0.1) is 6.92 Å². The zero-order chi connectivity index (χ0) is 18.7. The van der Waals surface area contributed by atoms with Gasteiger partial charge >= 0.3 is 0 Å². The maximum absolute atomic E-state index is 4.95. The average molecular weight is 371 g/mol. The van der Waals surface area contributed by atoms with E-state index in [9.17, 15) is 0 Å². The van der Waals surface area contributed by atoms with Crippen LogP contribution in [0.4, 0.5) is 5.82 Å². The van der Waals surface area contributed by atoms with Crippen LogP contribution in [0.5, 0.6) is 0 Å². The van der Waals surface area contributed by atoms with Crippen LogP contribution in [0.1, 0.15) is 53.1 Å². The number of imidazole rings is 1. The molecule has 0 amide bonds. The van der Waals surface area contributed by atoms with Gasteiger partial charge in [0.1, 0.15) is 11.9 Å². The molecule has 1 atom stereocenters. The molecular formula is C21H21N7. The zero-order valence-electron chi connectivity index (χ0n) is 15.7. The van der Waals surface area contributed by atoms with E-state index >= 15 is 0 Å². The van der Waals surface area contributed by atoms with Crippen molar-refractivity contribution in [3.05, 3.63) is 71.5 Å². The molecule has 28 heavy (non-hydrogen) atoms. The van der Waals surface area contributed by atoms with Gasteiger partial charge in [0.2, 0.25) is 0 Å². The predicted molar refractivity (Wildman–Crippen MR) is 105 cm³/mol. The normalized spacial score (nSPS) is 19.2. The highest BCUT2D eigenvalue weighted by Gasteiger charge is 2.35. The minimum atomic E-state index is -0.0712. The monoisotopic (exact) mass is 371 g/mol. The molecule has 0 saturated heterocycles. The second-order valence-corrected chi connectivity index (χ2v) is 7.78. The molecule has 0 spiro atoms. The van der Waals surface area contributed by atoms with Crippen molar-refractivity contribution in [3.63, 3.8) is 0 Å². The maximum atomic E-state index is 4.95. The number of pyridine rings is 1. The molecule has 1 aliphatic carbocycles. The standard InChI is InChI=1S/C21H21N7/c1-13-3-2-7-28-18(13)9-16(26-28)21-20-15(23-12-24-20)6-8-27(21)19-11-22-10-17(25-19)14-4-5-14/h2-3,7,9-12,14,21H,4-6,8H2,1H3,(H,23,24)/t21-/m1/s1. The van der Waals surface area contributed by atoms with Gasteiger partial charge in [-0.15, -0.1) is 0 Å². The average Bonchev–Trinajstić information content (AvgIpc) is 3.30. The molecule has 0 unspecified atom stereocenters. The zero-order valence-corrected chi connectivity index (χ0v) is 15.7. The lowest BCUT2D eigenvalue weighted by Gasteiger charge is -2.34. The summed E-state index contributed by atoms with van der Waals surface area (Å²) in [4.78, 5) is 19.7. The van der Waals surface area contributed by atoms with Crippen LogP contribution in [0.3, 0.4) is 0 Å². The van der Waals surface area contributed by atoms with Gasteiger partial charge in [-0.1, -0.05) is 6.07 Å². The molecule has 0 radical (unpaired) electrons. The van der Waals surface area contributed by atoms with E-state index in [0.29, 0.717) is 5.92 Å². The third-order valence-electron chi connectivity index (χ3n) is 5.87. The van der Waals surface area contributed by atoms with Crippen LogP contribution in [-0.2, 0) is 6.42 Å². The molecule has 4 aromatic heterocycles. The summed E-state index contributed by atoms with van der Waals surface area (Å²) >= 11 is 0. The molecule has 0 bridgehead atoms. The van der Waals surface area contributed by atoms with Gasteiger partial charge in [0.25, 0.3) is 0 Å². The van der Waals surface area contributed by atoms with E-state index in [-0.39, 0.29) is 6.04 Å². The van der Waals surface area contributed by atoms with Gasteiger partial charge in [0, 0.05) is 37.0 Å². The van der Waals surface area contributed by atoms with Gasteiger partial charge in [-0.3, -0.25) is 4.98 Å². The van der Waals surface area contributed by atoms with E-state index in [1.807, 2.05) is 29.2 Å². The summed E-state index contributed by atoms with van der Waals surface area (Å²) in [5.74, 6) is 1.49. The molecule has 1 fully saturated rings. The Morgan fingerprint density at radius 1 is 1.18 bits per heavy atom. The lowest BCUT2D eigenvalue weighted by molar-refractivity contribution is 0.608. The summed E-state index contributed by atoms with van der Waals surface area (Å²) in [6.45, 7) is 2.97. The van der Waals surface area contributed by atoms with Crippen molar-refractivity contribution in [2.45, 2.75) is 38.1 Å². The number of anilines is 1. The summed E-state index contributed by atoms with van der Waals surface area (Å²) in [5, 5.41) is 4.89. The van der Waals surface area contributed by atoms with E-state index < -0.39 is 0 Å². The molecule has 1 aliphatic heterocycles. The number of rotatable bonds is 3. The van der Waals surface area contributed by atoms with Gasteiger partial charge in [0.05, 0.1) is 35.1 Å². The van der Waals surface area contributed by atoms with E-state index in [0.717, 1.165) is 41.4 Å². The van der Waals surface area contributed by atoms with Crippen molar-refractivity contribution >= 4 is 11.3 Å². The third kappa shape index (κ3) is 2.42. The Morgan fingerprint density at radius 3 is 2.96 bits per heavy atom. The Balaban J connectivity index is 1.50. The number of hydrogen-bond donors (Lipinski definition) is 1. The molecule has 1 saturated carbocycles. The molecule has 4 aromatic rings. The molecule has 1 N–H and O–H groups in total. The number of hydrogen-bond acceptors (Lipinski definition) is 5. The number of nitrogens with one attached hydrogen (secondary N) is 1. The van der Waals surface area contributed by atoms with Crippen LogP contribution in [0.15, 0.2) is 43.1 Å². The summed E-state index contributed by atoms with van der Waals surface area (Å²) in [6.07, 6.45) is 10.9. The quantitative estimate of drug-likeness (QED) is 0.599. The van der Waals surface area contributed by atoms with Gasteiger partial charge in [-0.2, -0.15) is 5.10 Å². The summed E-state index contributed by atoms with van der Waals surface area (Å²) in [6, 6.07) is 6.25. The molecular weight excluding hydrogens is 350 g/mol. The number of nitrogens with zero attached hydrogens (tertiary/aromatic N) is 6. The third-order valence-corrected chi connectivity index (χ3v) is 5.87. The molecule has 7 heteroatoms. The van der Waals surface area contributed by atoms with E-state index in [4.69, 9.17) is 10.1 Å². The number of aryl methyl sites for hydroxylation is 1. The van der Waals surface area contributed by atoms with Gasteiger partial charge < -0.3 is 9.88 Å². The molecule has 5 heterocycles. The van der Waals surface area contributed by atoms with Crippen LogP contribution in [0.2, 0.25) is 0 Å². The van der Waals surface area contributed by atoms with E-state index in [1.54, 1.807) is 6.33 Å². The lowest BCUT2D eigenvalue weighted by Crippen LogP contribution is -2.37. The highest BCUT2D eigenvalue weighted by atomic mass is 15.3. The highest BCUT2D eigenvalue weighted by molar-refractivity contribution is 5.57. The van der Waals surface area contributed by atoms with Crippen molar-refractivity contribution in [1.82, 2.24) is 29.5 Å². The van der Waals surface area contributed by atoms with Crippen molar-refractivity contribution in [3.8, 4) is 0 Å². The van der Waals surface area contributed by atoms with Crippen LogP contribution in [0.25, 0.3) is 5.52 Å². The second kappa shape index (κ2) is 5.89. The Bertz CT molecular complexity index is 1170. The molecule has 140 valence electrons. The maximum Gasteiger partial charge on any atom is 0.148 e. The van der Waals surface area contributed by atoms with Crippen molar-refractivity contribution in [1.29, 1.82) is 0 Å². The predicted octanol–water partition coefficient (Wildman–Crippen LogP) is 3.19. The highest BCUT2D eigenvalue weighted by Crippen LogP contribution is 2.40. The fourth-order valence-electron chi connectivity index (χ4n) is 4.22. The van der Waals surface area contributed by atoms with E-state index in [2.05, 4.69) is 38.9 Å². The first-order chi connectivity index (χ1) is 13.8. The molecule has 0 aromatic carbocycles. The van der Waals surface area contributed by atoms with Gasteiger partial charge in [0.15, 0.2) is 0 Å². The summed E-state index contributed by atoms with van der Waals surface area (Å²) in [5.41, 5.74) is 6.64. The van der Waals surface area contributed by atoms with Crippen molar-refractivity contribution in [2.75, 3.05) is 11.4 Å². The first-order valence-electron chi connectivity index (χ1n) is 9.83. The summed E-state index contributed by atoms with van der Waals surface area (Å²) in [7, 11) is 0. The number of H-pyrrole nitrogens is 1. The molecule has 6 rings (SSSR count). The van der Waals surface area contributed by atoms with Gasteiger partial charge in [-0.05, 0) is 37.5 Å². The van der Waals surface area contributed by atoms with Crippen LogP contribution in [-0.4, -0.2) is 36.1 Å². The first-order valence-corrected chi connectivity index (χ1v) is 9.83. The SMILES string of the molecule is Cc1cccn2nc([C@@H]3c4nc[nH]c4CCN3c3cncc(C4CC4)n3)cc12. The fourth-order valence-corrected chi connectivity index (χ4v) is 4.22. The van der Waals surface area contributed by atoms with Crippen LogP contribution >= 0.6 is 0 Å². The Hall–Kier alpha value is -3.22. The van der Waals surface area contributed by atoms with E-state index in [1.165, 1.54) is 24.1 Å². The topological polar surface area (TPSA) is 75.0 Å². The Morgan fingerprint density at radius 2 is 2.11 bits per heavy atom. The molecule has 7 nitrogen and oxygen atoms in total.